The first-order chi connectivity index (χ1) is 9.39. The van der Waals surface area contributed by atoms with E-state index in [0.29, 0.717) is 6.42 Å². The van der Waals surface area contributed by atoms with Crippen LogP contribution in [-0.4, -0.2) is 32.5 Å². The second-order valence-corrected chi connectivity index (χ2v) is 9.96. The summed E-state index contributed by atoms with van der Waals surface area (Å²) >= 11 is 0. The van der Waals surface area contributed by atoms with E-state index in [1.807, 2.05) is 7.05 Å². The van der Waals surface area contributed by atoms with Crippen molar-refractivity contribution >= 4 is 9.84 Å². The van der Waals surface area contributed by atoms with Crippen LogP contribution in [0.5, 0.6) is 0 Å². The molecule has 0 saturated heterocycles. The van der Waals surface area contributed by atoms with Gasteiger partial charge in [0.2, 0.25) is 0 Å². The number of rotatable bonds is 5. The SMILES string of the molecule is CNC(Cc1ccc(C(C)(C)C)cc1)C(C)(C)S(C)(=O)=O. The number of nitrogens with one attached hydrogen (secondary N) is 1. The fourth-order valence-corrected chi connectivity index (χ4v) is 3.05. The Hall–Kier alpha value is -0.870. The fourth-order valence-electron chi connectivity index (χ4n) is 2.33. The van der Waals surface area contributed by atoms with Gasteiger partial charge in [-0.3, -0.25) is 0 Å². The average molecular weight is 311 g/mol. The lowest BCUT2D eigenvalue weighted by Crippen LogP contribution is -2.51. The van der Waals surface area contributed by atoms with E-state index in [4.69, 9.17) is 0 Å². The summed E-state index contributed by atoms with van der Waals surface area (Å²) < 4.78 is 23.2. The predicted octanol–water partition coefficient (Wildman–Crippen LogP) is 2.94. The summed E-state index contributed by atoms with van der Waals surface area (Å²) in [4.78, 5) is 0. The molecule has 21 heavy (non-hydrogen) atoms. The lowest BCUT2D eigenvalue weighted by Gasteiger charge is -2.32. The first-order valence-electron chi connectivity index (χ1n) is 7.36. The number of hydrogen-bond acceptors (Lipinski definition) is 3. The highest BCUT2D eigenvalue weighted by atomic mass is 32.2. The monoisotopic (exact) mass is 311 g/mol. The molecule has 1 atom stereocenters. The van der Waals surface area contributed by atoms with Gasteiger partial charge in [-0.25, -0.2) is 8.42 Å². The first-order valence-corrected chi connectivity index (χ1v) is 9.25. The lowest BCUT2D eigenvalue weighted by atomic mass is 9.86. The zero-order valence-electron chi connectivity index (χ0n) is 14.3. The zero-order chi connectivity index (χ0) is 16.5. The third kappa shape index (κ3) is 4.30. The van der Waals surface area contributed by atoms with E-state index in [2.05, 4.69) is 50.4 Å². The minimum Gasteiger partial charge on any atom is -0.315 e. The number of likely N-dealkylation sites (N-methyl/N-ethyl adjacent to an activating group) is 1. The summed E-state index contributed by atoms with van der Waals surface area (Å²) in [5.74, 6) is 0. The van der Waals surface area contributed by atoms with Gasteiger partial charge in [0.1, 0.15) is 0 Å². The van der Waals surface area contributed by atoms with Crippen molar-refractivity contribution in [2.75, 3.05) is 13.3 Å². The molecule has 0 heterocycles. The summed E-state index contributed by atoms with van der Waals surface area (Å²) in [7, 11) is -1.31. The highest BCUT2D eigenvalue weighted by Crippen LogP contribution is 2.25. The molecule has 4 heteroatoms. The summed E-state index contributed by atoms with van der Waals surface area (Å²) in [5, 5.41) is 3.16. The van der Waals surface area contributed by atoms with Gasteiger partial charge < -0.3 is 5.32 Å². The Kier molecular flexibility index (Phi) is 5.27. The van der Waals surface area contributed by atoms with Gasteiger partial charge >= 0.3 is 0 Å². The van der Waals surface area contributed by atoms with Crippen molar-refractivity contribution < 1.29 is 8.42 Å². The van der Waals surface area contributed by atoms with E-state index in [1.165, 1.54) is 11.8 Å². The van der Waals surface area contributed by atoms with Crippen LogP contribution in [0.4, 0.5) is 0 Å². The molecule has 1 aromatic rings. The molecule has 0 bridgehead atoms. The van der Waals surface area contributed by atoms with Gasteiger partial charge in [-0.1, -0.05) is 45.0 Å². The van der Waals surface area contributed by atoms with Gasteiger partial charge in [0.25, 0.3) is 0 Å². The Morgan fingerprint density at radius 1 is 1.05 bits per heavy atom. The van der Waals surface area contributed by atoms with Crippen LogP contribution in [0.3, 0.4) is 0 Å². The topological polar surface area (TPSA) is 46.2 Å². The van der Waals surface area contributed by atoms with Crippen LogP contribution in [-0.2, 0) is 21.7 Å². The van der Waals surface area contributed by atoms with Crippen molar-refractivity contribution in [1.29, 1.82) is 0 Å². The van der Waals surface area contributed by atoms with Crippen LogP contribution in [0, 0.1) is 0 Å². The lowest BCUT2D eigenvalue weighted by molar-refractivity contribution is 0.430. The van der Waals surface area contributed by atoms with Crippen LogP contribution in [0.2, 0.25) is 0 Å². The van der Waals surface area contributed by atoms with Crippen molar-refractivity contribution in [2.24, 2.45) is 0 Å². The van der Waals surface area contributed by atoms with Gasteiger partial charge in [-0.2, -0.15) is 0 Å². The maximum Gasteiger partial charge on any atom is 0.154 e. The van der Waals surface area contributed by atoms with E-state index >= 15 is 0 Å². The average Bonchev–Trinajstić information content (AvgIpc) is 2.33. The van der Waals surface area contributed by atoms with E-state index in [1.54, 1.807) is 13.8 Å². The van der Waals surface area contributed by atoms with Crippen LogP contribution in [0.25, 0.3) is 0 Å². The van der Waals surface area contributed by atoms with Crippen molar-refractivity contribution in [3.8, 4) is 0 Å². The second kappa shape index (κ2) is 6.09. The Morgan fingerprint density at radius 3 is 1.86 bits per heavy atom. The first kappa shape index (κ1) is 18.2. The fraction of sp³-hybridized carbons (Fsp3) is 0.647. The zero-order valence-corrected chi connectivity index (χ0v) is 15.1. The Balaban J connectivity index is 2.98. The van der Waals surface area contributed by atoms with Crippen molar-refractivity contribution in [3.05, 3.63) is 35.4 Å². The van der Waals surface area contributed by atoms with Crippen LogP contribution >= 0.6 is 0 Å². The van der Waals surface area contributed by atoms with Gasteiger partial charge in [0.15, 0.2) is 9.84 Å². The van der Waals surface area contributed by atoms with Gasteiger partial charge in [-0.15, -0.1) is 0 Å². The largest absolute Gasteiger partial charge is 0.315 e. The summed E-state index contributed by atoms with van der Waals surface area (Å²) in [6.45, 7) is 10.1. The molecule has 0 aliphatic heterocycles. The van der Waals surface area contributed by atoms with Crippen molar-refractivity contribution in [3.63, 3.8) is 0 Å². The van der Waals surface area contributed by atoms with Crippen molar-refractivity contribution in [2.45, 2.75) is 57.2 Å². The molecule has 0 aliphatic carbocycles. The quantitative estimate of drug-likeness (QED) is 0.909. The number of benzene rings is 1. The highest BCUT2D eigenvalue weighted by molar-refractivity contribution is 7.92. The summed E-state index contributed by atoms with van der Waals surface area (Å²) in [5.41, 5.74) is 2.57. The molecule has 1 N–H and O–H groups in total. The molecule has 120 valence electrons. The molecule has 1 unspecified atom stereocenters. The summed E-state index contributed by atoms with van der Waals surface area (Å²) in [6.07, 6.45) is 2.00. The van der Waals surface area contributed by atoms with Gasteiger partial charge in [-0.05, 0) is 43.9 Å². The third-order valence-corrected chi connectivity index (χ3v) is 6.60. The van der Waals surface area contributed by atoms with E-state index in [9.17, 15) is 8.42 Å². The molecule has 0 fully saturated rings. The summed E-state index contributed by atoms with van der Waals surface area (Å²) in [6, 6.07) is 8.35. The highest BCUT2D eigenvalue weighted by Gasteiger charge is 2.38. The number of hydrogen-bond donors (Lipinski definition) is 1. The second-order valence-electron chi connectivity index (χ2n) is 7.37. The molecular formula is C17H29NO2S. The molecular weight excluding hydrogens is 282 g/mol. The minimum absolute atomic E-state index is 0.118. The van der Waals surface area contributed by atoms with Crippen LogP contribution in [0.1, 0.15) is 45.7 Å². The molecule has 0 spiro atoms. The maximum absolute atomic E-state index is 12.0. The van der Waals surface area contributed by atoms with E-state index in [-0.39, 0.29) is 11.5 Å². The minimum atomic E-state index is -3.13. The smallest absolute Gasteiger partial charge is 0.154 e. The van der Waals surface area contributed by atoms with Crippen molar-refractivity contribution in [1.82, 2.24) is 5.32 Å². The van der Waals surface area contributed by atoms with Gasteiger partial charge in [0, 0.05) is 12.3 Å². The van der Waals surface area contributed by atoms with Crippen LogP contribution < -0.4 is 5.32 Å². The Labute approximate surface area is 130 Å². The normalized spacial score (nSPS) is 15.0. The Morgan fingerprint density at radius 2 is 1.52 bits per heavy atom. The van der Waals surface area contributed by atoms with Crippen LogP contribution in [0.15, 0.2) is 24.3 Å². The van der Waals surface area contributed by atoms with E-state index in [0.717, 1.165) is 5.56 Å². The molecule has 0 saturated carbocycles. The maximum atomic E-state index is 12.0. The standard InChI is InChI=1S/C17H29NO2S/c1-16(2,3)14-10-8-13(9-11-14)12-15(18-6)17(4,5)21(7,19)20/h8-11,15,18H,12H2,1-7H3. The molecule has 1 aromatic carbocycles. The molecule has 0 aliphatic rings. The molecule has 0 amide bonds. The predicted molar refractivity (Wildman–Crippen MR) is 90.6 cm³/mol. The van der Waals surface area contributed by atoms with Gasteiger partial charge in [0.05, 0.1) is 4.75 Å². The third-order valence-electron chi connectivity index (χ3n) is 4.40. The molecule has 0 radical (unpaired) electrons. The molecule has 1 rings (SSSR count). The molecule has 0 aromatic heterocycles. The van der Waals surface area contributed by atoms with E-state index < -0.39 is 14.6 Å². The Bertz CT molecular complexity index is 566. The number of sulfone groups is 1. The molecule has 3 nitrogen and oxygen atoms in total.